The molecule has 1 aliphatic rings. The van der Waals surface area contributed by atoms with Crippen molar-refractivity contribution in [1.29, 1.82) is 0 Å². The summed E-state index contributed by atoms with van der Waals surface area (Å²) < 4.78 is 10.6. The summed E-state index contributed by atoms with van der Waals surface area (Å²) in [5.74, 6) is -0.845. The molecule has 0 saturated heterocycles. The number of hydrogen-bond donors (Lipinski definition) is 1. The summed E-state index contributed by atoms with van der Waals surface area (Å²) in [7, 11) is 0. The van der Waals surface area contributed by atoms with Crippen LogP contribution in [-0.4, -0.2) is 17.2 Å². The number of carbonyl (C=O) groups is 1. The SMILES string of the molecule is O=C(O)C1CCC(OCc2ccoc2)CC1. The fraction of sp³-hybridized carbons (Fsp3) is 0.583. The van der Waals surface area contributed by atoms with E-state index in [9.17, 15) is 4.79 Å². The van der Waals surface area contributed by atoms with Crippen molar-refractivity contribution in [2.24, 2.45) is 5.92 Å². The lowest BCUT2D eigenvalue weighted by atomic mass is 9.87. The van der Waals surface area contributed by atoms with Gasteiger partial charge in [0, 0.05) is 5.56 Å². The summed E-state index contributed by atoms with van der Waals surface area (Å²) >= 11 is 0. The molecule has 1 aliphatic carbocycles. The Morgan fingerprint density at radius 3 is 2.75 bits per heavy atom. The van der Waals surface area contributed by atoms with Gasteiger partial charge >= 0.3 is 5.97 Å². The van der Waals surface area contributed by atoms with Gasteiger partial charge in [-0.05, 0) is 31.7 Å². The van der Waals surface area contributed by atoms with Crippen LogP contribution < -0.4 is 0 Å². The van der Waals surface area contributed by atoms with E-state index >= 15 is 0 Å². The molecule has 1 saturated carbocycles. The Kier molecular flexibility index (Phi) is 3.62. The molecule has 88 valence electrons. The van der Waals surface area contributed by atoms with Crippen LogP contribution in [0.2, 0.25) is 0 Å². The van der Waals surface area contributed by atoms with Crippen LogP contribution in [0.3, 0.4) is 0 Å². The van der Waals surface area contributed by atoms with Crippen LogP contribution in [0.1, 0.15) is 31.2 Å². The predicted molar refractivity (Wildman–Crippen MR) is 56.9 cm³/mol. The van der Waals surface area contributed by atoms with Gasteiger partial charge in [-0.2, -0.15) is 0 Å². The molecule has 1 fully saturated rings. The van der Waals surface area contributed by atoms with Crippen LogP contribution in [0, 0.1) is 5.92 Å². The van der Waals surface area contributed by atoms with Crippen LogP contribution in [0.25, 0.3) is 0 Å². The van der Waals surface area contributed by atoms with E-state index in [-0.39, 0.29) is 12.0 Å². The molecular weight excluding hydrogens is 208 g/mol. The van der Waals surface area contributed by atoms with Crippen molar-refractivity contribution in [3.05, 3.63) is 24.2 Å². The number of ether oxygens (including phenoxy) is 1. The summed E-state index contributed by atoms with van der Waals surface area (Å²) in [6, 6.07) is 1.88. The molecule has 1 aromatic rings. The highest BCUT2D eigenvalue weighted by molar-refractivity contribution is 5.70. The summed E-state index contributed by atoms with van der Waals surface area (Å²) in [6.45, 7) is 0.554. The summed E-state index contributed by atoms with van der Waals surface area (Å²) in [5.41, 5.74) is 1.03. The zero-order valence-electron chi connectivity index (χ0n) is 9.09. The van der Waals surface area contributed by atoms with E-state index in [1.54, 1.807) is 12.5 Å². The third-order valence-corrected chi connectivity index (χ3v) is 3.09. The normalized spacial score (nSPS) is 25.5. The largest absolute Gasteiger partial charge is 0.481 e. The van der Waals surface area contributed by atoms with Gasteiger partial charge in [0.1, 0.15) is 0 Å². The Hall–Kier alpha value is -1.29. The fourth-order valence-corrected chi connectivity index (χ4v) is 2.07. The number of aliphatic carboxylic acids is 1. The fourth-order valence-electron chi connectivity index (χ4n) is 2.07. The molecule has 0 spiro atoms. The monoisotopic (exact) mass is 224 g/mol. The maximum atomic E-state index is 10.8. The molecule has 0 atom stereocenters. The van der Waals surface area contributed by atoms with Gasteiger partial charge in [0.25, 0.3) is 0 Å². The van der Waals surface area contributed by atoms with Crippen LogP contribution >= 0.6 is 0 Å². The van der Waals surface area contributed by atoms with E-state index in [1.807, 2.05) is 6.07 Å². The molecule has 1 aromatic heterocycles. The molecule has 2 rings (SSSR count). The van der Waals surface area contributed by atoms with Gasteiger partial charge in [-0.1, -0.05) is 0 Å². The zero-order valence-corrected chi connectivity index (χ0v) is 9.09. The topological polar surface area (TPSA) is 59.7 Å². The van der Waals surface area contributed by atoms with Gasteiger partial charge in [0.05, 0.1) is 31.2 Å². The zero-order chi connectivity index (χ0) is 11.4. The second-order valence-electron chi connectivity index (χ2n) is 4.25. The first-order valence-electron chi connectivity index (χ1n) is 5.61. The number of rotatable bonds is 4. The first-order valence-corrected chi connectivity index (χ1v) is 5.61. The Morgan fingerprint density at radius 1 is 1.44 bits per heavy atom. The second-order valence-corrected chi connectivity index (χ2v) is 4.25. The van der Waals surface area contributed by atoms with Crippen LogP contribution in [0.5, 0.6) is 0 Å². The molecule has 0 radical (unpaired) electrons. The Bertz CT molecular complexity index is 323. The molecule has 16 heavy (non-hydrogen) atoms. The number of hydrogen-bond acceptors (Lipinski definition) is 3. The number of furan rings is 1. The highest BCUT2D eigenvalue weighted by Crippen LogP contribution is 2.26. The third kappa shape index (κ3) is 2.85. The van der Waals surface area contributed by atoms with Gasteiger partial charge in [-0.15, -0.1) is 0 Å². The van der Waals surface area contributed by atoms with E-state index in [1.165, 1.54) is 0 Å². The van der Waals surface area contributed by atoms with E-state index in [2.05, 4.69) is 0 Å². The van der Waals surface area contributed by atoms with Crippen LogP contribution in [0.15, 0.2) is 23.0 Å². The highest BCUT2D eigenvalue weighted by atomic mass is 16.5. The van der Waals surface area contributed by atoms with E-state index < -0.39 is 5.97 Å². The first-order chi connectivity index (χ1) is 7.75. The van der Waals surface area contributed by atoms with E-state index in [0.717, 1.165) is 31.2 Å². The first kappa shape index (κ1) is 11.2. The van der Waals surface area contributed by atoms with Crippen molar-refractivity contribution in [2.45, 2.75) is 38.4 Å². The lowest BCUT2D eigenvalue weighted by Gasteiger charge is -2.25. The van der Waals surface area contributed by atoms with Crippen molar-refractivity contribution in [3.63, 3.8) is 0 Å². The molecule has 0 aromatic carbocycles. The summed E-state index contributed by atoms with van der Waals surface area (Å²) in [5, 5.41) is 8.85. The van der Waals surface area contributed by atoms with Crippen LogP contribution in [0.4, 0.5) is 0 Å². The summed E-state index contributed by atoms with van der Waals surface area (Å²) in [4.78, 5) is 10.8. The molecule has 0 unspecified atom stereocenters. The van der Waals surface area contributed by atoms with Gasteiger partial charge in [-0.3, -0.25) is 4.79 Å². The predicted octanol–water partition coefficient (Wildman–Crippen LogP) is 2.44. The Morgan fingerprint density at radius 2 is 2.19 bits per heavy atom. The molecule has 1 heterocycles. The number of carboxylic acid groups (broad SMARTS) is 1. The van der Waals surface area contributed by atoms with Crippen LogP contribution in [-0.2, 0) is 16.1 Å². The van der Waals surface area contributed by atoms with Gasteiger partial charge < -0.3 is 14.3 Å². The smallest absolute Gasteiger partial charge is 0.306 e. The molecule has 1 N–H and O–H groups in total. The molecular formula is C12H16O4. The van der Waals surface area contributed by atoms with Crippen molar-refractivity contribution in [2.75, 3.05) is 0 Å². The molecule has 4 nitrogen and oxygen atoms in total. The van der Waals surface area contributed by atoms with Gasteiger partial charge in [0.15, 0.2) is 0 Å². The van der Waals surface area contributed by atoms with Crippen molar-refractivity contribution in [1.82, 2.24) is 0 Å². The number of carboxylic acids is 1. The van der Waals surface area contributed by atoms with Crippen molar-refractivity contribution in [3.8, 4) is 0 Å². The van der Waals surface area contributed by atoms with Crippen molar-refractivity contribution < 1.29 is 19.1 Å². The van der Waals surface area contributed by atoms with E-state index in [0.29, 0.717) is 6.61 Å². The van der Waals surface area contributed by atoms with Gasteiger partial charge in [-0.25, -0.2) is 0 Å². The lowest BCUT2D eigenvalue weighted by Crippen LogP contribution is -2.25. The average Bonchev–Trinajstić information content (AvgIpc) is 2.80. The molecule has 0 aliphatic heterocycles. The minimum absolute atomic E-state index is 0.172. The van der Waals surface area contributed by atoms with E-state index in [4.69, 9.17) is 14.3 Å². The summed E-state index contributed by atoms with van der Waals surface area (Å²) in [6.07, 6.45) is 6.63. The average molecular weight is 224 g/mol. The third-order valence-electron chi connectivity index (χ3n) is 3.09. The van der Waals surface area contributed by atoms with Crippen molar-refractivity contribution >= 4 is 5.97 Å². The minimum Gasteiger partial charge on any atom is -0.481 e. The highest BCUT2D eigenvalue weighted by Gasteiger charge is 2.26. The Balaban J connectivity index is 1.71. The maximum absolute atomic E-state index is 10.8. The standard InChI is InChI=1S/C12H16O4/c13-12(14)10-1-3-11(4-2-10)16-8-9-5-6-15-7-9/h5-7,10-11H,1-4,8H2,(H,13,14). The molecule has 0 bridgehead atoms. The molecule has 0 amide bonds. The quantitative estimate of drug-likeness (QED) is 0.853. The lowest BCUT2D eigenvalue weighted by molar-refractivity contribution is -0.143. The minimum atomic E-state index is -0.673. The second kappa shape index (κ2) is 5.16. The van der Waals surface area contributed by atoms with Gasteiger partial charge in [0.2, 0.25) is 0 Å². The Labute approximate surface area is 94.2 Å². The molecule has 4 heteroatoms. The maximum Gasteiger partial charge on any atom is 0.306 e.